The molecule has 8 heteroatoms. The van der Waals surface area contributed by atoms with Crippen molar-refractivity contribution in [3.05, 3.63) is 40.3 Å². The number of carbonyl (C=O) groups is 2. The molecule has 3 atom stereocenters. The van der Waals surface area contributed by atoms with Gasteiger partial charge in [-0.05, 0) is 57.6 Å². The third kappa shape index (κ3) is 5.31. The molecule has 2 saturated heterocycles. The zero-order chi connectivity index (χ0) is 25.9. The fraction of sp³-hybridized carbons (Fsp3) is 0.655. The first kappa shape index (κ1) is 25.9. The minimum atomic E-state index is -0.549. The molecule has 1 aromatic heterocycles. The summed E-state index contributed by atoms with van der Waals surface area (Å²) in [6.45, 7) is 1.74. The third-order valence-corrected chi connectivity index (χ3v) is 8.64. The van der Waals surface area contributed by atoms with Crippen molar-refractivity contribution >= 4 is 22.9 Å². The van der Waals surface area contributed by atoms with Crippen LogP contribution in [-0.4, -0.2) is 69.6 Å². The molecule has 0 spiro atoms. The van der Waals surface area contributed by atoms with Crippen LogP contribution in [0.2, 0.25) is 0 Å². The molecule has 3 fully saturated rings. The number of hydrogen-bond acceptors (Lipinski definition) is 6. The summed E-state index contributed by atoms with van der Waals surface area (Å²) >= 11 is 0. The molecule has 0 unspecified atom stereocenters. The van der Waals surface area contributed by atoms with Gasteiger partial charge in [-0.15, -0.1) is 0 Å². The van der Waals surface area contributed by atoms with Gasteiger partial charge in [0, 0.05) is 31.2 Å². The Morgan fingerprint density at radius 2 is 1.59 bits per heavy atom. The summed E-state index contributed by atoms with van der Waals surface area (Å²) in [5.41, 5.74) is 0.925. The molecule has 1 aliphatic carbocycles. The lowest BCUT2D eigenvalue weighted by atomic mass is 9.89. The molecule has 2 aromatic rings. The molecule has 1 amide bonds. The van der Waals surface area contributed by atoms with Gasteiger partial charge in [-0.2, -0.15) is 0 Å². The van der Waals surface area contributed by atoms with Crippen molar-refractivity contribution in [2.75, 3.05) is 20.2 Å². The minimum Gasteiger partial charge on any atom is -0.465 e. The quantitative estimate of drug-likeness (QED) is 0.541. The molecule has 2 aliphatic heterocycles. The molecule has 8 nitrogen and oxygen atoms in total. The van der Waals surface area contributed by atoms with Crippen molar-refractivity contribution in [3.8, 4) is 0 Å². The maximum atomic E-state index is 13.9. The minimum absolute atomic E-state index is 0.0321. The smallest absolute Gasteiger partial charge is 0.325 e. The van der Waals surface area contributed by atoms with E-state index < -0.39 is 11.9 Å². The fourth-order valence-electron chi connectivity index (χ4n) is 7.03. The first-order chi connectivity index (χ1) is 18.0. The van der Waals surface area contributed by atoms with E-state index in [9.17, 15) is 14.4 Å². The average Bonchev–Trinajstić information content (AvgIpc) is 3.12. The van der Waals surface area contributed by atoms with Gasteiger partial charge in [-0.25, -0.2) is 4.98 Å². The first-order valence-corrected chi connectivity index (χ1v) is 14.2. The summed E-state index contributed by atoms with van der Waals surface area (Å²) in [6, 6.07) is 9.25. The maximum Gasteiger partial charge on any atom is 0.325 e. The number of piperidine rings is 1. The Kier molecular flexibility index (Phi) is 7.93. The van der Waals surface area contributed by atoms with Gasteiger partial charge in [0.25, 0.3) is 11.5 Å². The number of amides is 1. The molecule has 200 valence electrons. The van der Waals surface area contributed by atoms with E-state index in [-0.39, 0.29) is 30.4 Å². The van der Waals surface area contributed by atoms with Gasteiger partial charge in [0.15, 0.2) is 5.69 Å². The van der Waals surface area contributed by atoms with E-state index >= 15 is 0 Å². The van der Waals surface area contributed by atoms with E-state index in [0.717, 1.165) is 18.4 Å². The van der Waals surface area contributed by atoms with Crippen LogP contribution >= 0.6 is 0 Å². The summed E-state index contributed by atoms with van der Waals surface area (Å²) in [5, 5.41) is 0. The Morgan fingerprint density at radius 1 is 0.946 bits per heavy atom. The first-order valence-electron chi connectivity index (χ1n) is 14.2. The molecule has 1 saturated carbocycles. The van der Waals surface area contributed by atoms with Gasteiger partial charge in [0.2, 0.25) is 0 Å². The Hall–Kier alpha value is -2.74. The summed E-state index contributed by atoms with van der Waals surface area (Å²) in [4.78, 5) is 47.6. The number of hydrogen-bond donors (Lipinski definition) is 0. The topological polar surface area (TPSA) is 84.7 Å². The number of ether oxygens (including phenoxy) is 1. The Labute approximate surface area is 219 Å². The predicted molar refractivity (Wildman–Crippen MR) is 143 cm³/mol. The van der Waals surface area contributed by atoms with E-state index in [1.165, 1.54) is 69.7 Å². The second-order valence-electron chi connectivity index (χ2n) is 11.0. The van der Waals surface area contributed by atoms with Crippen molar-refractivity contribution in [1.82, 2.24) is 19.4 Å². The molecule has 1 aromatic carbocycles. The zero-order valence-electron chi connectivity index (χ0n) is 22.2. The van der Waals surface area contributed by atoms with Crippen LogP contribution in [0.1, 0.15) is 94.1 Å². The van der Waals surface area contributed by atoms with Crippen molar-refractivity contribution in [3.63, 3.8) is 0 Å². The van der Waals surface area contributed by atoms with Gasteiger partial charge in [-0.1, -0.05) is 44.2 Å². The van der Waals surface area contributed by atoms with Gasteiger partial charge in [-0.3, -0.25) is 19.3 Å². The van der Waals surface area contributed by atoms with Crippen LogP contribution < -0.4 is 5.56 Å². The molecule has 0 N–H and O–H groups in total. The maximum absolute atomic E-state index is 13.9. The predicted octanol–water partition coefficient (Wildman–Crippen LogP) is 4.31. The highest BCUT2D eigenvalue weighted by molar-refractivity contribution is 5.95. The molecule has 0 radical (unpaired) electrons. The van der Waals surface area contributed by atoms with Crippen LogP contribution in [0.3, 0.4) is 0 Å². The largest absolute Gasteiger partial charge is 0.465 e. The molecular weight excluding hydrogens is 468 g/mol. The van der Waals surface area contributed by atoms with Crippen LogP contribution in [-0.2, 0) is 9.53 Å². The van der Waals surface area contributed by atoms with E-state index in [2.05, 4.69) is 9.88 Å². The number of likely N-dealkylation sites (N-methyl/N-ethyl adjacent to an activating group) is 1. The molecule has 3 heterocycles. The van der Waals surface area contributed by atoms with Crippen molar-refractivity contribution in [1.29, 1.82) is 0 Å². The summed E-state index contributed by atoms with van der Waals surface area (Å²) in [5.74, 6) is -1.05. The number of nitrogens with zero attached hydrogens (tertiary/aromatic N) is 4. The molecule has 2 bridgehead atoms. The summed E-state index contributed by atoms with van der Waals surface area (Å²) in [6.07, 6.45) is 13.5. The van der Waals surface area contributed by atoms with Crippen LogP contribution in [0.5, 0.6) is 0 Å². The number of aromatic nitrogens is 2. The number of para-hydroxylation sites is 2. The van der Waals surface area contributed by atoms with Crippen molar-refractivity contribution in [2.24, 2.45) is 0 Å². The number of fused-ring (bicyclic) bond motifs is 3. The van der Waals surface area contributed by atoms with E-state index in [4.69, 9.17) is 4.74 Å². The third-order valence-electron chi connectivity index (χ3n) is 8.64. The van der Waals surface area contributed by atoms with Crippen molar-refractivity contribution in [2.45, 2.75) is 102 Å². The second kappa shape index (κ2) is 11.3. The average molecular weight is 509 g/mol. The van der Waals surface area contributed by atoms with Crippen molar-refractivity contribution < 1.29 is 14.3 Å². The number of benzene rings is 1. The number of rotatable bonds is 6. The van der Waals surface area contributed by atoms with Gasteiger partial charge >= 0.3 is 5.97 Å². The molecular formula is C29H40N4O4. The lowest BCUT2D eigenvalue weighted by Crippen LogP contribution is -2.50. The molecule has 3 aliphatic rings. The van der Waals surface area contributed by atoms with Gasteiger partial charge < -0.3 is 14.2 Å². The number of carbonyl (C=O) groups excluding carboxylic acids is 2. The highest BCUT2D eigenvalue weighted by Crippen LogP contribution is 2.44. The molecule has 5 rings (SSSR count). The number of esters is 1. The lowest BCUT2D eigenvalue weighted by Gasteiger charge is -2.45. The Morgan fingerprint density at radius 3 is 2.27 bits per heavy atom. The monoisotopic (exact) mass is 508 g/mol. The summed E-state index contributed by atoms with van der Waals surface area (Å²) < 4.78 is 6.82. The lowest BCUT2D eigenvalue weighted by molar-refractivity contribution is -0.143. The van der Waals surface area contributed by atoms with Crippen LogP contribution in [0.15, 0.2) is 29.1 Å². The van der Waals surface area contributed by atoms with Gasteiger partial charge in [0.1, 0.15) is 6.54 Å². The second-order valence-corrected chi connectivity index (χ2v) is 11.0. The fourth-order valence-corrected chi connectivity index (χ4v) is 7.03. The SMILES string of the molecule is CCOC(=O)CN(C)C(=O)c1nc2ccccc2n([C@H]2C[C@H]3CC[C@@H](C2)N3C2CCCCCCC2)c1=O. The normalized spacial score (nSPS) is 25.0. The Bertz CT molecular complexity index is 1170. The van der Waals surface area contributed by atoms with E-state index in [0.29, 0.717) is 23.6 Å². The Balaban J connectivity index is 1.44. The zero-order valence-corrected chi connectivity index (χ0v) is 22.2. The van der Waals surface area contributed by atoms with Crippen LogP contribution in [0.25, 0.3) is 11.0 Å². The highest BCUT2D eigenvalue weighted by atomic mass is 16.5. The van der Waals surface area contributed by atoms with Gasteiger partial charge in [0.05, 0.1) is 17.6 Å². The van der Waals surface area contributed by atoms with E-state index in [1.807, 2.05) is 28.8 Å². The van der Waals surface area contributed by atoms with Crippen LogP contribution in [0.4, 0.5) is 0 Å². The standard InChI is InChI=1S/C29H40N4O4/c1-3-37-26(34)19-31(2)28(35)27-29(36)33(25-14-10-9-13-24(25)30-27)23-17-21-15-16-22(18-23)32(21)20-11-7-5-4-6-8-12-20/h9-10,13-14,20-23H,3-8,11-12,15-19H2,1-2H3/t21-,22+,23+. The highest BCUT2D eigenvalue weighted by Gasteiger charge is 2.44. The summed E-state index contributed by atoms with van der Waals surface area (Å²) in [7, 11) is 1.51. The van der Waals surface area contributed by atoms with E-state index in [1.54, 1.807) is 6.92 Å². The molecule has 37 heavy (non-hydrogen) atoms. The van der Waals surface area contributed by atoms with Crippen LogP contribution in [0, 0.1) is 0 Å².